The Labute approximate surface area is 112 Å². The van der Waals surface area contributed by atoms with Crippen molar-refractivity contribution in [2.75, 3.05) is 6.54 Å². The van der Waals surface area contributed by atoms with Gasteiger partial charge < -0.3 is 10.1 Å². The number of hydrazine groups is 1. The van der Waals surface area contributed by atoms with E-state index < -0.39 is 0 Å². The number of nitrogens with one attached hydrogen (secondary N) is 2. The summed E-state index contributed by atoms with van der Waals surface area (Å²) in [6.07, 6.45) is 1.58. The zero-order valence-corrected chi connectivity index (χ0v) is 10.8. The average Bonchev–Trinajstić information content (AvgIpc) is 2.87. The van der Waals surface area contributed by atoms with E-state index in [1.165, 1.54) is 0 Å². The Kier molecular flexibility index (Phi) is 3.23. The van der Waals surface area contributed by atoms with Crippen molar-refractivity contribution in [3.05, 3.63) is 47.7 Å². The zero-order valence-electron chi connectivity index (χ0n) is 10.8. The number of carbonyl (C=O) groups is 1. The van der Waals surface area contributed by atoms with Gasteiger partial charge in [-0.2, -0.15) is 0 Å². The first-order valence-corrected chi connectivity index (χ1v) is 6.45. The maximum Gasteiger partial charge on any atom is 0.268 e. The van der Waals surface area contributed by atoms with Gasteiger partial charge in [0.05, 0.1) is 12.6 Å². The van der Waals surface area contributed by atoms with Crippen molar-refractivity contribution in [3.8, 4) is 0 Å². The second-order valence-electron chi connectivity index (χ2n) is 4.83. The molecule has 1 saturated heterocycles. The molecule has 0 aromatic heterocycles. The van der Waals surface area contributed by atoms with Crippen LogP contribution in [0.15, 0.2) is 42.1 Å². The van der Waals surface area contributed by atoms with Crippen LogP contribution in [-0.4, -0.2) is 29.7 Å². The van der Waals surface area contributed by atoms with Crippen LogP contribution in [0.5, 0.6) is 0 Å². The standard InChI is InChI=1S/C14H17N3O2/c1-10-8-15-14(18)12-7-13(16-17(10)12)19-9-11-5-3-2-4-6-11/h2-7,10,13,16H,8-9H2,1H3,(H,15,18)/t10-,13?/m0/s1. The number of benzene rings is 1. The van der Waals surface area contributed by atoms with Crippen LogP contribution in [0.25, 0.3) is 0 Å². The molecule has 0 radical (unpaired) electrons. The van der Waals surface area contributed by atoms with Crippen molar-refractivity contribution >= 4 is 5.91 Å². The fraction of sp³-hybridized carbons (Fsp3) is 0.357. The van der Waals surface area contributed by atoms with Crippen LogP contribution in [0.3, 0.4) is 0 Å². The van der Waals surface area contributed by atoms with E-state index in [9.17, 15) is 4.79 Å². The van der Waals surface area contributed by atoms with Gasteiger partial charge in [0.25, 0.3) is 5.91 Å². The topological polar surface area (TPSA) is 53.6 Å². The molecule has 0 saturated carbocycles. The predicted molar refractivity (Wildman–Crippen MR) is 70.5 cm³/mol. The van der Waals surface area contributed by atoms with Gasteiger partial charge in [0, 0.05) is 6.54 Å². The number of ether oxygens (including phenoxy) is 1. The lowest BCUT2D eigenvalue weighted by molar-refractivity contribution is -0.122. The summed E-state index contributed by atoms with van der Waals surface area (Å²) in [5.41, 5.74) is 4.97. The quantitative estimate of drug-likeness (QED) is 0.841. The van der Waals surface area contributed by atoms with Gasteiger partial charge >= 0.3 is 0 Å². The number of fused-ring (bicyclic) bond motifs is 1. The molecule has 2 N–H and O–H groups in total. The highest BCUT2D eigenvalue weighted by atomic mass is 16.5. The molecule has 1 fully saturated rings. The molecule has 0 spiro atoms. The molecule has 1 unspecified atom stereocenters. The molecule has 2 heterocycles. The third kappa shape index (κ3) is 2.47. The summed E-state index contributed by atoms with van der Waals surface area (Å²) in [7, 11) is 0. The summed E-state index contributed by atoms with van der Waals surface area (Å²) < 4.78 is 5.77. The van der Waals surface area contributed by atoms with E-state index in [0.29, 0.717) is 18.8 Å². The van der Waals surface area contributed by atoms with Crippen molar-refractivity contribution in [2.45, 2.75) is 25.8 Å². The number of amides is 1. The van der Waals surface area contributed by atoms with Gasteiger partial charge in [-0.05, 0) is 18.6 Å². The van der Waals surface area contributed by atoms with Crippen molar-refractivity contribution in [1.82, 2.24) is 15.8 Å². The average molecular weight is 259 g/mol. The van der Waals surface area contributed by atoms with Gasteiger partial charge in [-0.3, -0.25) is 9.80 Å². The van der Waals surface area contributed by atoms with Crippen molar-refractivity contribution in [2.24, 2.45) is 0 Å². The molecule has 2 atom stereocenters. The first-order valence-electron chi connectivity index (χ1n) is 6.45. The molecule has 1 amide bonds. The van der Waals surface area contributed by atoms with Crippen molar-refractivity contribution in [1.29, 1.82) is 0 Å². The Hall–Kier alpha value is -1.85. The summed E-state index contributed by atoms with van der Waals surface area (Å²) in [6, 6.07) is 10.2. The van der Waals surface area contributed by atoms with Gasteiger partial charge in [0.2, 0.25) is 0 Å². The van der Waals surface area contributed by atoms with Gasteiger partial charge in [0.15, 0.2) is 0 Å². The van der Waals surface area contributed by atoms with Crippen LogP contribution < -0.4 is 10.7 Å². The third-order valence-electron chi connectivity index (χ3n) is 3.34. The van der Waals surface area contributed by atoms with Crippen LogP contribution in [-0.2, 0) is 16.1 Å². The van der Waals surface area contributed by atoms with Crippen LogP contribution in [0.1, 0.15) is 12.5 Å². The molecule has 2 aliphatic rings. The summed E-state index contributed by atoms with van der Waals surface area (Å²) >= 11 is 0. The van der Waals surface area contributed by atoms with E-state index in [0.717, 1.165) is 5.56 Å². The maximum atomic E-state index is 11.7. The normalized spacial score (nSPS) is 25.8. The Bertz CT molecular complexity index is 501. The summed E-state index contributed by atoms with van der Waals surface area (Å²) in [5, 5.41) is 4.74. The Morgan fingerprint density at radius 3 is 2.89 bits per heavy atom. The number of hydrogen-bond donors (Lipinski definition) is 2. The van der Waals surface area contributed by atoms with E-state index >= 15 is 0 Å². The number of piperazine rings is 1. The first kappa shape index (κ1) is 12.2. The van der Waals surface area contributed by atoms with E-state index in [4.69, 9.17) is 4.74 Å². The van der Waals surface area contributed by atoms with E-state index in [1.807, 2.05) is 41.4 Å². The fourth-order valence-electron chi connectivity index (χ4n) is 2.29. The third-order valence-corrected chi connectivity index (χ3v) is 3.34. The molecule has 2 aliphatic heterocycles. The first-order chi connectivity index (χ1) is 9.24. The van der Waals surface area contributed by atoms with Crippen LogP contribution in [0, 0.1) is 0 Å². The lowest BCUT2D eigenvalue weighted by atomic mass is 10.2. The minimum absolute atomic E-state index is 0.0450. The number of hydrogen-bond acceptors (Lipinski definition) is 4. The Morgan fingerprint density at radius 2 is 2.16 bits per heavy atom. The minimum Gasteiger partial charge on any atom is -0.353 e. The SMILES string of the molecule is C[C@H]1CNC(=O)C2=CC(OCc3ccccc3)NN21. The van der Waals surface area contributed by atoms with Gasteiger partial charge in [0.1, 0.15) is 11.9 Å². The lowest BCUT2D eigenvalue weighted by Gasteiger charge is -2.33. The Morgan fingerprint density at radius 1 is 1.37 bits per heavy atom. The molecule has 19 heavy (non-hydrogen) atoms. The molecule has 3 rings (SSSR count). The minimum atomic E-state index is -0.249. The van der Waals surface area contributed by atoms with Crippen LogP contribution >= 0.6 is 0 Å². The maximum absolute atomic E-state index is 11.7. The molecular weight excluding hydrogens is 242 g/mol. The lowest BCUT2D eigenvalue weighted by Crippen LogP contribution is -2.54. The monoisotopic (exact) mass is 259 g/mol. The van der Waals surface area contributed by atoms with Crippen molar-refractivity contribution < 1.29 is 9.53 Å². The second-order valence-corrected chi connectivity index (χ2v) is 4.83. The largest absolute Gasteiger partial charge is 0.353 e. The van der Waals surface area contributed by atoms with E-state index in [-0.39, 0.29) is 18.2 Å². The second kappa shape index (κ2) is 5.03. The van der Waals surface area contributed by atoms with Gasteiger partial charge in [-0.25, -0.2) is 5.43 Å². The Balaban J connectivity index is 1.63. The number of carbonyl (C=O) groups excluding carboxylic acids is 1. The van der Waals surface area contributed by atoms with Gasteiger partial charge in [-0.15, -0.1) is 0 Å². The van der Waals surface area contributed by atoms with Crippen LogP contribution in [0.4, 0.5) is 0 Å². The molecule has 0 bridgehead atoms. The molecule has 1 aromatic carbocycles. The van der Waals surface area contributed by atoms with E-state index in [2.05, 4.69) is 17.7 Å². The number of nitrogens with zero attached hydrogens (tertiary/aromatic N) is 1. The molecule has 5 nitrogen and oxygen atoms in total. The highest BCUT2D eigenvalue weighted by Crippen LogP contribution is 2.19. The van der Waals surface area contributed by atoms with E-state index in [1.54, 1.807) is 0 Å². The highest BCUT2D eigenvalue weighted by Gasteiger charge is 2.34. The molecular formula is C14H17N3O2. The molecule has 5 heteroatoms. The highest BCUT2D eigenvalue weighted by molar-refractivity contribution is 5.94. The summed E-state index contributed by atoms with van der Waals surface area (Å²) in [5.74, 6) is -0.0450. The fourth-order valence-corrected chi connectivity index (χ4v) is 2.29. The van der Waals surface area contributed by atoms with Crippen molar-refractivity contribution in [3.63, 3.8) is 0 Å². The predicted octanol–water partition coefficient (Wildman–Crippen LogP) is 0.752. The summed E-state index contributed by atoms with van der Waals surface area (Å²) in [6.45, 7) is 3.22. The van der Waals surface area contributed by atoms with Crippen LogP contribution in [0.2, 0.25) is 0 Å². The molecule has 100 valence electrons. The zero-order chi connectivity index (χ0) is 13.2. The smallest absolute Gasteiger partial charge is 0.268 e. The van der Waals surface area contributed by atoms with Gasteiger partial charge in [-0.1, -0.05) is 30.3 Å². The molecule has 1 aromatic rings. The summed E-state index contributed by atoms with van der Waals surface area (Å²) in [4.78, 5) is 11.7. The molecule has 0 aliphatic carbocycles. The number of rotatable bonds is 3.